The van der Waals surface area contributed by atoms with Crippen LogP contribution in [0.15, 0.2) is 57.5 Å². The third kappa shape index (κ3) is 4.31. The number of likely N-dealkylation sites (tertiary alicyclic amines) is 1. The van der Waals surface area contributed by atoms with Gasteiger partial charge in [-0.1, -0.05) is 45.4 Å². The van der Waals surface area contributed by atoms with Gasteiger partial charge in [0, 0.05) is 16.6 Å². The number of benzene rings is 2. The minimum atomic E-state index is -0.185. The lowest BCUT2D eigenvalue weighted by atomic mass is 9.95. The number of piperidine rings is 1. The average molecular weight is 496 g/mol. The average Bonchev–Trinajstić information content (AvgIpc) is 3.27. The lowest BCUT2D eigenvalue weighted by Crippen LogP contribution is -2.48. The molecule has 8 nitrogen and oxygen atoms in total. The van der Waals surface area contributed by atoms with Crippen molar-refractivity contribution in [1.29, 1.82) is 0 Å². The van der Waals surface area contributed by atoms with Crippen LogP contribution in [0.2, 0.25) is 0 Å². The highest BCUT2D eigenvalue weighted by Gasteiger charge is 2.34. The van der Waals surface area contributed by atoms with Gasteiger partial charge in [0.05, 0.1) is 23.8 Å². The number of carbonyl (C=O) groups excluding carboxylic acids is 2. The molecule has 1 unspecified atom stereocenters. The van der Waals surface area contributed by atoms with Crippen LogP contribution >= 0.6 is 15.9 Å². The summed E-state index contributed by atoms with van der Waals surface area (Å²) in [6, 6.07) is 15.2. The SMILES string of the molecule is O=C1CN(C(=O)C2CCCN(Cc3nc(-c4cccc(Br)c4)no3)C2)c2ccccc2N1. The van der Waals surface area contributed by atoms with E-state index in [9.17, 15) is 9.59 Å². The zero-order valence-corrected chi connectivity index (χ0v) is 18.9. The third-order valence-electron chi connectivity index (χ3n) is 5.80. The van der Waals surface area contributed by atoms with Crippen molar-refractivity contribution < 1.29 is 14.1 Å². The predicted octanol–water partition coefficient (Wildman–Crippen LogP) is 3.70. The number of amides is 2. The number of nitrogens with one attached hydrogen (secondary N) is 1. The van der Waals surface area contributed by atoms with Gasteiger partial charge in [0.15, 0.2) is 0 Å². The van der Waals surface area contributed by atoms with Crippen LogP contribution in [0.5, 0.6) is 0 Å². The van der Waals surface area contributed by atoms with E-state index in [0.717, 1.165) is 35.1 Å². The smallest absolute Gasteiger partial charge is 0.244 e. The van der Waals surface area contributed by atoms with Gasteiger partial charge in [0.25, 0.3) is 0 Å². The summed E-state index contributed by atoms with van der Waals surface area (Å²) in [4.78, 5) is 33.8. The zero-order valence-electron chi connectivity index (χ0n) is 17.3. The summed E-state index contributed by atoms with van der Waals surface area (Å²) in [5.74, 6) is 0.695. The van der Waals surface area contributed by atoms with E-state index < -0.39 is 0 Å². The molecule has 1 saturated heterocycles. The molecule has 1 atom stereocenters. The van der Waals surface area contributed by atoms with Gasteiger partial charge in [-0.3, -0.25) is 14.5 Å². The van der Waals surface area contributed by atoms with Crippen molar-refractivity contribution in [1.82, 2.24) is 15.0 Å². The van der Waals surface area contributed by atoms with Crippen LogP contribution in [0.1, 0.15) is 18.7 Å². The molecule has 2 aromatic carbocycles. The monoisotopic (exact) mass is 495 g/mol. The lowest BCUT2D eigenvalue weighted by molar-refractivity contribution is -0.126. The fourth-order valence-corrected chi connectivity index (χ4v) is 4.71. The Morgan fingerprint density at radius 1 is 1.22 bits per heavy atom. The van der Waals surface area contributed by atoms with Crippen LogP contribution < -0.4 is 10.2 Å². The van der Waals surface area contributed by atoms with Gasteiger partial charge in [-0.15, -0.1) is 0 Å². The Labute approximate surface area is 193 Å². The number of anilines is 2. The highest BCUT2D eigenvalue weighted by molar-refractivity contribution is 9.10. The Morgan fingerprint density at radius 2 is 2.09 bits per heavy atom. The fraction of sp³-hybridized carbons (Fsp3) is 0.304. The highest BCUT2D eigenvalue weighted by Crippen LogP contribution is 2.31. The Hall–Kier alpha value is -3.04. The van der Waals surface area contributed by atoms with Crippen LogP contribution in [0.4, 0.5) is 11.4 Å². The molecule has 1 aromatic heterocycles. The molecule has 2 aliphatic heterocycles. The molecule has 0 saturated carbocycles. The molecule has 0 radical (unpaired) electrons. The highest BCUT2D eigenvalue weighted by atomic mass is 79.9. The first-order valence-corrected chi connectivity index (χ1v) is 11.4. The van der Waals surface area contributed by atoms with Crippen LogP contribution in [-0.4, -0.2) is 46.5 Å². The standard InChI is InChI=1S/C23H22BrN5O3/c24-17-7-3-5-15(11-17)22-26-21(32-27-22)14-28-10-4-6-16(12-28)23(31)29-13-20(30)25-18-8-1-2-9-19(18)29/h1-3,5,7-9,11,16H,4,6,10,12-14H2,(H,25,30). The fourth-order valence-electron chi connectivity index (χ4n) is 4.31. The number of hydrogen-bond donors (Lipinski definition) is 1. The number of rotatable bonds is 4. The second-order valence-corrected chi connectivity index (χ2v) is 9.00. The molecule has 3 heterocycles. The van der Waals surface area contributed by atoms with Crippen molar-refractivity contribution in [2.24, 2.45) is 5.92 Å². The summed E-state index contributed by atoms with van der Waals surface area (Å²) < 4.78 is 6.42. The summed E-state index contributed by atoms with van der Waals surface area (Å²) in [6.45, 7) is 1.98. The zero-order chi connectivity index (χ0) is 22.1. The molecule has 0 aliphatic carbocycles. The van der Waals surface area contributed by atoms with Crippen molar-refractivity contribution in [3.8, 4) is 11.4 Å². The van der Waals surface area contributed by atoms with Crippen molar-refractivity contribution in [3.63, 3.8) is 0 Å². The quantitative estimate of drug-likeness (QED) is 0.593. The van der Waals surface area contributed by atoms with Crippen molar-refractivity contribution in [2.75, 3.05) is 29.9 Å². The largest absolute Gasteiger partial charge is 0.338 e. The van der Waals surface area contributed by atoms with Crippen molar-refractivity contribution >= 4 is 39.1 Å². The molecule has 5 rings (SSSR count). The Morgan fingerprint density at radius 3 is 2.97 bits per heavy atom. The van der Waals surface area contributed by atoms with Gasteiger partial charge in [-0.25, -0.2) is 0 Å². The van der Waals surface area contributed by atoms with Gasteiger partial charge >= 0.3 is 0 Å². The van der Waals surface area contributed by atoms with E-state index in [1.165, 1.54) is 0 Å². The maximum absolute atomic E-state index is 13.3. The molecule has 2 aliphatic rings. The molecule has 32 heavy (non-hydrogen) atoms. The van der Waals surface area contributed by atoms with E-state index in [2.05, 4.69) is 36.3 Å². The molecule has 1 fully saturated rings. The molecule has 3 aromatic rings. The minimum Gasteiger partial charge on any atom is -0.338 e. The lowest BCUT2D eigenvalue weighted by Gasteiger charge is -2.36. The number of fused-ring (bicyclic) bond motifs is 1. The third-order valence-corrected chi connectivity index (χ3v) is 6.29. The Kier molecular flexibility index (Phi) is 5.75. The number of hydrogen-bond acceptors (Lipinski definition) is 6. The summed E-state index contributed by atoms with van der Waals surface area (Å²) >= 11 is 3.46. The minimum absolute atomic E-state index is 0.0163. The molecule has 1 N–H and O–H groups in total. The van der Waals surface area contributed by atoms with E-state index in [1.54, 1.807) is 4.90 Å². The van der Waals surface area contributed by atoms with E-state index in [-0.39, 0.29) is 24.3 Å². The normalized spacial score (nSPS) is 18.8. The summed E-state index contributed by atoms with van der Waals surface area (Å²) in [6.07, 6.45) is 1.69. The number of aromatic nitrogens is 2. The second-order valence-electron chi connectivity index (χ2n) is 8.09. The first-order chi connectivity index (χ1) is 15.6. The maximum Gasteiger partial charge on any atom is 0.244 e. The number of para-hydroxylation sites is 2. The van der Waals surface area contributed by atoms with Crippen LogP contribution in [0.25, 0.3) is 11.4 Å². The van der Waals surface area contributed by atoms with Crippen LogP contribution in [0.3, 0.4) is 0 Å². The molecule has 9 heteroatoms. The van der Waals surface area contributed by atoms with Crippen molar-refractivity contribution in [3.05, 3.63) is 58.9 Å². The summed E-state index contributed by atoms with van der Waals surface area (Å²) in [5, 5.41) is 6.94. The van der Waals surface area contributed by atoms with Gasteiger partial charge in [-0.2, -0.15) is 4.98 Å². The van der Waals surface area contributed by atoms with E-state index >= 15 is 0 Å². The summed E-state index contributed by atoms with van der Waals surface area (Å²) in [7, 11) is 0. The van der Waals surface area contributed by atoms with E-state index in [0.29, 0.717) is 30.5 Å². The molecule has 2 amide bonds. The Bertz CT molecular complexity index is 1160. The van der Waals surface area contributed by atoms with Crippen LogP contribution in [-0.2, 0) is 16.1 Å². The number of carbonyl (C=O) groups is 2. The van der Waals surface area contributed by atoms with Gasteiger partial charge in [-0.05, 0) is 43.7 Å². The molecule has 164 valence electrons. The first kappa shape index (κ1) is 20.8. The molecular formula is C23H22BrN5O3. The first-order valence-electron chi connectivity index (χ1n) is 10.6. The number of halogens is 1. The summed E-state index contributed by atoms with van der Waals surface area (Å²) in [5.41, 5.74) is 2.31. The van der Waals surface area contributed by atoms with Crippen molar-refractivity contribution in [2.45, 2.75) is 19.4 Å². The number of nitrogens with zero attached hydrogens (tertiary/aromatic N) is 4. The van der Waals surface area contributed by atoms with Crippen LogP contribution in [0, 0.1) is 5.92 Å². The second kappa shape index (κ2) is 8.84. The van der Waals surface area contributed by atoms with Gasteiger partial charge in [0.1, 0.15) is 6.54 Å². The molecule has 0 spiro atoms. The Balaban J connectivity index is 1.27. The topological polar surface area (TPSA) is 91.6 Å². The maximum atomic E-state index is 13.3. The van der Waals surface area contributed by atoms with E-state index in [1.807, 2.05) is 48.5 Å². The van der Waals surface area contributed by atoms with E-state index in [4.69, 9.17) is 4.52 Å². The molecule has 0 bridgehead atoms. The predicted molar refractivity (Wildman–Crippen MR) is 123 cm³/mol. The molecular weight excluding hydrogens is 474 g/mol. The van der Waals surface area contributed by atoms with Gasteiger partial charge < -0.3 is 14.7 Å². The van der Waals surface area contributed by atoms with Gasteiger partial charge in [0.2, 0.25) is 23.5 Å².